The number of ether oxygens (including phenoxy) is 2. The zero-order valence-electron chi connectivity index (χ0n) is 25.7. The summed E-state index contributed by atoms with van der Waals surface area (Å²) in [7, 11) is 1.48. The molecule has 0 heterocycles. The third-order valence-corrected chi connectivity index (χ3v) is 11.5. The van der Waals surface area contributed by atoms with Crippen LogP contribution in [-0.2, 0) is 14.3 Å². The van der Waals surface area contributed by atoms with E-state index in [2.05, 4.69) is 51.3 Å². The summed E-state index contributed by atoms with van der Waals surface area (Å²) >= 11 is 0. The van der Waals surface area contributed by atoms with Crippen LogP contribution in [0, 0.1) is 46.3 Å². The van der Waals surface area contributed by atoms with E-state index in [-0.39, 0.29) is 30.1 Å². The van der Waals surface area contributed by atoms with E-state index in [1.165, 1.54) is 58.5 Å². The van der Waals surface area contributed by atoms with Gasteiger partial charge in [-0.15, -0.1) is 0 Å². The van der Waals surface area contributed by atoms with Crippen LogP contribution in [0.2, 0.25) is 0 Å². The van der Waals surface area contributed by atoms with Crippen molar-refractivity contribution in [2.45, 2.75) is 111 Å². The summed E-state index contributed by atoms with van der Waals surface area (Å²) in [5.41, 5.74) is 2.31. The van der Waals surface area contributed by atoms with Crippen LogP contribution >= 0.6 is 0 Å². The van der Waals surface area contributed by atoms with E-state index >= 15 is 0 Å². The van der Waals surface area contributed by atoms with Crippen LogP contribution in [0.1, 0.15) is 105 Å². The van der Waals surface area contributed by atoms with Gasteiger partial charge in [0, 0.05) is 26.6 Å². The van der Waals surface area contributed by atoms with Crippen LogP contribution in [0.15, 0.2) is 11.6 Å². The van der Waals surface area contributed by atoms with E-state index in [4.69, 9.17) is 9.47 Å². The average molecular weight is 545 g/mol. The molecule has 4 aliphatic carbocycles. The fourth-order valence-corrected chi connectivity index (χ4v) is 9.49. The lowest BCUT2D eigenvalue weighted by atomic mass is 9.47. The Balaban J connectivity index is 1.31. The Morgan fingerprint density at radius 1 is 1.00 bits per heavy atom. The molecular weight excluding hydrogens is 488 g/mol. The Hall–Kier alpha value is -1.56. The second kappa shape index (κ2) is 13.0. The molecule has 3 fully saturated rings. The summed E-state index contributed by atoms with van der Waals surface area (Å²) in [5, 5.41) is 5.49. The van der Waals surface area contributed by atoms with Gasteiger partial charge in [-0.25, -0.2) is 4.79 Å². The maximum Gasteiger partial charge on any atom is 0.407 e. The highest BCUT2D eigenvalue weighted by molar-refractivity contribution is 5.77. The molecule has 6 nitrogen and oxygen atoms in total. The Bertz CT molecular complexity index is 887. The molecule has 0 saturated heterocycles. The molecule has 0 aromatic carbocycles. The molecule has 0 aromatic heterocycles. The normalized spacial score (nSPS) is 36.3. The molecule has 0 aromatic rings. The minimum atomic E-state index is -0.383. The van der Waals surface area contributed by atoms with Crippen molar-refractivity contribution in [3.05, 3.63) is 11.6 Å². The van der Waals surface area contributed by atoms with Crippen LogP contribution in [0.5, 0.6) is 0 Å². The van der Waals surface area contributed by atoms with Crippen LogP contribution in [0.4, 0.5) is 4.79 Å². The third kappa shape index (κ3) is 6.68. The summed E-state index contributed by atoms with van der Waals surface area (Å²) in [5.74, 6) is 4.83. The van der Waals surface area contributed by atoms with Crippen LogP contribution in [0.25, 0.3) is 0 Å². The van der Waals surface area contributed by atoms with Crippen LogP contribution in [-0.4, -0.2) is 44.9 Å². The molecule has 4 rings (SSSR count). The van der Waals surface area contributed by atoms with Crippen molar-refractivity contribution in [1.82, 2.24) is 10.6 Å². The van der Waals surface area contributed by atoms with Crippen LogP contribution < -0.4 is 10.6 Å². The number of alkyl carbamates (subject to hydrolysis) is 1. The quantitative estimate of drug-likeness (QED) is 0.219. The number of hydrogen-bond donors (Lipinski definition) is 2. The van der Waals surface area contributed by atoms with Crippen molar-refractivity contribution in [2.24, 2.45) is 46.3 Å². The number of allylic oxidation sites excluding steroid dienone is 1. The molecule has 2 N–H and O–H groups in total. The molecule has 0 radical (unpaired) electrons. The highest BCUT2D eigenvalue weighted by atomic mass is 16.6. The van der Waals surface area contributed by atoms with E-state index in [1.54, 1.807) is 5.57 Å². The van der Waals surface area contributed by atoms with Crippen molar-refractivity contribution < 1.29 is 19.1 Å². The molecule has 6 heteroatoms. The number of rotatable bonds is 11. The molecule has 2 amide bonds. The highest BCUT2D eigenvalue weighted by Gasteiger charge is 2.59. The Morgan fingerprint density at radius 2 is 1.77 bits per heavy atom. The standard InChI is InChI=1S/C33H56N2O4/c1-22(2)8-7-9-23(3)27-12-13-28-26-11-10-24-20-25(39-31(37)35-19-18-34-30(36)21-38-6)14-16-32(24,4)29(26)15-17-33(27,28)5/h10,22-23,25-29H,7-9,11-21H2,1-6H3,(H,34,36)(H,35,37)/t23-,25+,26+,27-,28+,29+,32+,33-/m1/s1. The first-order valence-electron chi connectivity index (χ1n) is 16.0. The Kier molecular flexibility index (Phi) is 10.1. The van der Waals surface area contributed by atoms with Gasteiger partial charge in [-0.1, -0.05) is 65.5 Å². The zero-order chi connectivity index (χ0) is 28.2. The number of methoxy groups -OCH3 is 1. The van der Waals surface area contributed by atoms with Crippen molar-refractivity contribution in [2.75, 3.05) is 26.8 Å². The second-order valence-electron chi connectivity index (χ2n) is 14.3. The van der Waals surface area contributed by atoms with E-state index < -0.39 is 0 Å². The van der Waals surface area contributed by atoms with Gasteiger partial charge in [-0.05, 0) is 91.3 Å². The van der Waals surface area contributed by atoms with Crippen molar-refractivity contribution in [1.29, 1.82) is 0 Å². The first-order chi connectivity index (χ1) is 18.6. The largest absolute Gasteiger partial charge is 0.446 e. The number of amides is 2. The number of hydrogen-bond acceptors (Lipinski definition) is 4. The lowest BCUT2D eigenvalue weighted by Crippen LogP contribution is -2.51. The smallest absolute Gasteiger partial charge is 0.407 e. The fraction of sp³-hybridized carbons (Fsp3) is 0.879. The van der Waals surface area contributed by atoms with Gasteiger partial charge in [0.15, 0.2) is 0 Å². The predicted octanol–water partition coefficient (Wildman–Crippen LogP) is 6.89. The molecule has 3 saturated carbocycles. The molecule has 222 valence electrons. The summed E-state index contributed by atoms with van der Waals surface area (Å²) in [6, 6.07) is 0. The molecule has 8 atom stereocenters. The lowest BCUT2D eigenvalue weighted by Gasteiger charge is -2.58. The molecule has 4 aliphatic rings. The molecule has 0 spiro atoms. The SMILES string of the molecule is COCC(=O)NCCNC(=O)O[C@H]1CC[C@@]2(C)C(=CC[C@H]3[C@@H]4CC[C@H]([C@H](C)CCCC(C)C)[C@@]4(C)CC[C@@H]32)C1. The third-order valence-electron chi connectivity index (χ3n) is 11.5. The molecule has 0 bridgehead atoms. The topological polar surface area (TPSA) is 76.7 Å². The summed E-state index contributed by atoms with van der Waals surface area (Å²) in [4.78, 5) is 23.9. The maximum atomic E-state index is 12.4. The Labute approximate surface area is 237 Å². The molecule has 39 heavy (non-hydrogen) atoms. The lowest BCUT2D eigenvalue weighted by molar-refractivity contribution is -0.124. The first kappa shape index (κ1) is 30.4. The van der Waals surface area contributed by atoms with Crippen molar-refractivity contribution in [3.63, 3.8) is 0 Å². The number of fused-ring (bicyclic) bond motifs is 5. The number of nitrogens with one attached hydrogen (secondary N) is 2. The van der Waals surface area contributed by atoms with Gasteiger partial charge in [0.05, 0.1) is 0 Å². The first-order valence-corrected chi connectivity index (χ1v) is 16.0. The van der Waals surface area contributed by atoms with Crippen molar-refractivity contribution in [3.8, 4) is 0 Å². The highest BCUT2D eigenvalue weighted by Crippen LogP contribution is 2.67. The van der Waals surface area contributed by atoms with Gasteiger partial charge in [0.2, 0.25) is 5.91 Å². The predicted molar refractivity (Wildman–Crippen MR) is 156 cm³/mol. The maximum absolute atomic E-state index is 12.4. The second-order valence-corrected chi connectivity index (χ2v) is 14.3. The summed E-state index contributed by atoms with van der Waals surface area (Å²) < 4.78 is 10.6. The van der Waals surface area contributed by atoms with Crippen molar-refractivity contribution >= 4 is 12.0 Å². The summed E-state index contributed by atoms with van der Waals surface area (Å²) in [6.45, 7) is 13.2. The minimum Gasteiger partial charge on any atom is -0.446 e. The van der Waals surface area contributed by atoms with Gasteiger partial charge in [0.25, 0.3) is 0 Å². The van der Waals surface area contributed by atoms with Gasteiger partial charge < -0.3 is 20.1 Å². The van der Waals surface area contributed by atoms with Gasteiger partial charge in [-0.2, -0.15) is 0 Å². The van der Waals surface area contributed by atoms with Gasteiger partial charge in [-0.3, -0.25) is 4.79 Å². The Morgan fingerprint density at radius 3 is 2.51 bits per heavy atom. The van der Waals surface area contributed by atoms with E-state index in [0.29, 0.717) is 18.5 Å². The summed E-state index contributed by atoms with van der Waals surface area (Å²) in [6.07, 6.45) is 16.0. The fourth-order valence-electron chi connectivity index (χ4n) is 9.49. The molecular formula is C33H56N2O4. The van der Waals surface area contributed by atoms with E-state index in [1.807, 2.05) is 0 Å². The van der Waals surface area contributed by atoms with E-state index in [9.17, 15) is 9.59 Å². The zero-order valence-corrected chi connectivity index (χ0v) is 25.7. The molecule has 0 aliphatic heterocycles. The van der Waals surface area contributed by atoms with Gasteiger partial charge >= 0.3 is 6.09 Å². The number of carbonyl (C=O) groups is 2. The monoisotopic (exact) mass is 544 g/mol. The number of carbonyl (C=O) groups excluding carboxylic acids is 2. The minimum absolute atomic E-state index is 0.0282. The van der Waals surface area contributed by atoms with Gasteiger partial charge in [0.1, 0.15) is 12.7 Å². The molecule has 0 unspecified atom stereocenters. The average Bonchev–Trinajstić information content (AvgIpc) is 3.24. The van der Waals surface area contributed by atoms with E-state index in [0.717, 1.165) is 54.8 Å². The van der Waals surface area contributed by atoms with Crippen LogP contribution in [0.3, 0.4) is 0 Å².